The number of carbonyl (C=O) groups is 3. The molecule has 0 aliphatic heterocycles. The maximum absolute atomic E-state index is 12.3. The fourth-order valence-corrected chi connectivity index (χ4v) is 3.47. The average Bonchev–Trinajstić information content (AvgIpc) is 3.08. The number of hydrogen-bond acceptors (Lipinski definition) is 6. The van der Waals surface area contributed by atoms with E-state index in [1.54, 1.807) is 28.8 Å². The lowest BCUT2D eigenvalue weighted by molar-refractivity contribution is -0.122. The van der Waals surface area contributed by atoms with Crippen molar-refractivity contribution in [3.63, 3.8) is 0 Å². The number of rotatable bonds is 11. The van der Waals surface area contributed by atoms with Gasteiger partial charge in [0.15, 0.2) is 5.16 Å². The first kappa shape index (κ1) is 24.4. The molecule has 10 heteroatoms. The summed E-state index contributed by atoms with van der Waals surface area (Å²) < 4.78 is 1.62. The van der Waals surface area contributed by atoms with E-state index in [4.69, 9.17) is 0 Å². The Morgan fingerprint density at radius 1 is 1.10 bits per heavy atom. The average molecular weight is 448 g/mol. The lowest BCUT2D eigenvalue weighted by Gasteiger charge is -2.12. The summed E-state index contributed by atoms with van der Waals surface area (Å²) in [6.45, 7) is 5.97. The molecule has 1 aromatic heterocycles. The molecule has 0 saturated carbocycles. The molecule has 9 nitrogen and oxygen atoms in total. The van der Waals surface area contributed by atoms with E-state index in [9.17, 15) is 19.5 Å². The molecule has 0 aliphatic carbocycles. The van der Waals surface area contributed by atoms with Gasteiger partial charge in [-0.3, -0.25) is 14.4 Å². The van der Waals surface area contributed by atoms with Crippen LogP contribution in [-0.2, 0) is 27.5 Å². The minimum Gasteiger partial charge on any atom is -0.390 e. The monoisotopic (exact) mass is 447 g/mol. The number of aliphatic hydroxyl groups excluding tert-OH is 1. The van der Waals surface area contributed by atoms with Crippen molar-refractivity contribution in [1.82, 2.24) is 14.9 Å². The van der Waals surface area contributed by atoms with E-state index in [-0.39, 0.29) is 36.6 Å². The first-order chi connectivity index (χ1) is 14.8. The summed E-state index contributed by atoms with van der Waals surface area (Å²) in [5.74, 6) is 0.00888. The van der Waals surface area contributed by atoms with Crippen LogP contribution >= 0.6 is 11.8 Å². The number of nitrogens with zero attached hydrogens (tertiary/aromatic N) is 2. The summed E-state index contributed by atoms with van der Waals surface area (Å²) in [6.07, 6.45) is 2.39. The predicted molar refractivity (Wildman–Crippen MR) is 121 cm³/mol. The van der Waals surface area contributed by atoms with Crippen LogP contribution in [0.1, 0.15) is 32.9 Å². The molecule has 2 aromatic rings. The third kappa shape index (κ3) is 8.42. The van der Waals surface area contributed by atoms with Crippen LogP contribution in [0.4, 0.5) is 11.4 Å². The lowest BCUT2D eigenvalue weighted by Crippen LogP contribution is -2.30. The number of hydrogen-bond donors (Lipinski definition) is 4. The van der Waals surface area contributed by atoms with E-state index in [1.165, 1.54) is 24.9 Å². The van der Waals surface area contributed by atoms with Gasteiger partial charge in [-0.15, -0.1) is 0 Å². The molecule has 0 spiro atoms. The van der Waals surface area contributed by atoms with Crippen molar-refractivity contribution >= 4 is 40.9 Å². The zero-order valence-corrected chi connectivity index (χ0v) is 18.8. The van der Waals surface area contributed by atoms with E-state index in [2.05, 4.69) is 34.8 Å². The van der Waals surface area contributed by atoms with Gasteiger partial charge in [-0.25, -0.2) is 4.98 Å². The Kier molecular flexibility index (Phi) is 9.54. The zero-order valence-electron chi connectivity index (χ0n) is 18.0. The maximum Gasteiger partial charge on any atom is 0.240 e. The predicted octanol–water partition coefficient (Wildman–Crippen LogP) is 2.23. The van der Waals surface area contributed by atoms with E-state index >= 15 is 0 Å². The highest BCUT2D eigenvalue weighted by atomic mass is 32.2. The molecule has 0 fully saturated rings. The first-order valence-corrected chi connectivity index (χ1v) is 11.0. The fourth-order valence-electron chi connectivity index (χ4n) is 2.67. The van der Waals surface area contributed by atoms with Crippen molar-refractivity contribution in [1.29, 1.82) is 0 Å². The number of benzene rings is 1. The second-order valence-corrected chi connectivity index (χ2v) is 8.35. The van der Waals surface area contributed by atoms with E-state index < -0.39 is 0 Å². The van der Waals surface area contributed by atoms with Gasteiger partial charge in [0, 0.05) is 24.8 Å². The molecule has 0 aliphatic rings. The SMILES string of the molecule is CC(=O)Nc1ccc(NC(=O)CSc2ncc(CO)n2CC(=O)NCCC(C)C)cc1. The standard InChI is InChI=1S/C21H29N5O4S/c1-14(2)8-9-22-19(29)11-26-18(12-27)10-23-21(26)31-13-20(30)25-17-6-4-16(5-7-17)24-15(3)28/h4-7,10,14,27H,8-9,11-13H2,1-3H3,(H,22,29)(H,24,28)(H,25,30). The number of carbonyl (C=O) groups excluding carboxylic acids is 3. The van der Waals surface area contributed by atoms with Crippen molar-refractivity contribution in [2.75, 3.05) is 22.9 Å². The van der Waals surface area contributed by atoms with Crippen LogP contribution in [0.25, 0.3) is 0 Å². The summed E-state index contributed by atoms with van der Waals surface area (Å²) in [6, 6.07) is 6.78. The Hall–Kier alpha value is -2.85. The number of imidazole rings is 1. The second kappa shape index (κ2) is 12.1. The molecular formula is C21H29N5O4S. The summed E-state index contributed by atoms with van der Waals surface area (Å²) in [4.78, 5) is 39.8. The Balaban J connectivity index is 1.90. The summed E-state index contributed by atoms with van der Waals surface area (Å²) >= 11 is 1.18. The molecule has 0 unspecified atom stereocenters. The molecule has 0 atom stereocenters. The summed E-state index contributed by atoms with van der Waals surface area (Å²) in [7, 11) is 0. The van der Waals surface area contributed by atoms with E-state index in [0.717, 1.165) is 6.42 Å². The van der Waals surface area contributed by atoms with E-state index in [0.29, 0.717) is 34.7 Å². The second-order valence-electron chi connectivity index (χ2n) is 7.40. The fraction of sp³-hybridized carbons (Fsp3) is 0.429. The van der Waals surface area contributed by atoms with Crippen LogP contribution in [0.15, 0.2) is 35.6 Å². The van der Waals surface area contributed by atoms with Gasteiger partial charge in [0.25, 0.3) is 0 Å². The van der Waals surface area contributed by atoms with Gasteiger partial charge in [0.2, 0.25) is 17.7 Å². The van der Waals surface area contributed by atoms with Gasteiger partial charge in [0.1, 0.15) is 6.54 Å². The molecule has 4 N–H and O–H groups in total. The molecule has 0 radical (unpaired) electrons. The largest absolute Gasteiger partial charge is 0.390 e. The Morgan fingerprint density at radius 2 is 1.74 bits per heavy atom. The Bertz CT molecular complexity index is 896. The van der Waals surface area contributed by atoms with Crippen LogP contribution in [0.3, 0.4) is 0 Å². The Labute approximate surface area is 186 Å². The van der Waals surface area contributed by atoms with Crippen LogP contribution in [-0.4, -0.2) is 44.7 Å². The van der Waals surface area contributed by atoms with Crippen LogP contribution in [0, 0.1) is 5.92 Å². The van der Waals surface area contributed by atoms with Gasteiger partial charge >= 0.3 is 0 Å². The van der Waals surface area contributed by atoms with Gasteiger partial charge in [0.05, 0.1) is 24.3 Å². The normalized spacial score (nSPS) is 10.7. The van der Waals surface area contributed by atoms with Crippen molar-refractivity contribution in [2.24, 2.45) is 5.92 Å². The molecule has 2 rings (SSSR count). The van der Waals surface area contributed by atoms with Crippen LogP contribution in [0.5, 0.6) is 0 Å². The summed E-state index contributed by atoms with van der Waals surface area (Å²) in [5.41, 5.74) is 1.75. The highest BCUT2D eigenvalue weighted by Gasteiger charge is 2.15. The van der Waals surface area contributed by atoms with Gasteiger partial charge in [-0.05, 0) is 36.6 Å². The number of thioether (sulfide) groups is 1. The minimum atomic E-state index is -0.250. The first-order valence-electron chi connectivity index (χ1n) is 10.0. The quantitative estimate of drug-likeness (QED) is 0.392. The van der Waals surface area contributed by atoms with Crippen LogP contribution < -0.4 is 16.0 Å². The number of amides is 3. The van der Waals surface area contributed by atoms with Crippen molar-refractivity contribution in [3.05, 3.63) is 36.2 Å². The van der Waals surface area contributed by atoms with Crippen molar-refractivity contribution in [2.45, 2.75) is 45.5 Å². The van der Waals surface area contributed by atoms with Gasteiger partial charge in [-0.2, -0.15) is 0 Å². The highest BCUT2D eigenvalue weighted by Crippen LogP contribution is 2.20. The molecule has 1 aromatic carbocycles. The third-order valence-corrected chi connectivity index (χ3v) is 5.22. The van der Waals surface area contributed by atoms with E-state index in [1.807, 2.05) is 0 Å². The molecule has 31 heavy (non-hydrogen) atoms. The third-order valence-electron chi connectivity index (χ3n) is 4.23. The number of nitrogens with one attached hydrogen (secondary N) is 3. The molecule has 3 amide bonds. The zero-order chi connectivity index (χ0) is 22.8. The minimum absolute atomic E-state index is 0.0303. The summed E-state index contributed by atoms with van der Waals surface area (Å²) in [5, 5.41) is 18.3. The van der Waals surface area contributed by atoms with Crippen molar-refractivity contribution in [3.8, 4) is 0 Å². The highest BCUT2D eigenvalue weighted by molar-refractivity contribution is 7.99. The Morgan fingerprint density at radius 3 is 2.32 bits per heavy atom. The number of aliphatic hydroxyl groups is 1. The van der Waals surface area contributed by atoms with Crippen molar-refractivity contribution < 1.29 is 19.5 Å². The smallest absolute Gasteiger partial charge is 0.240 e. The van der Waals surface area contributed by atoms with Gasteiger partial charge < -0.3 is 25.6 Å². The molecular weight excluding hydrogens is 418 g/mol. The lowest BCUT2D eigenvalue weighted by atomic mass is 10.1. The maximum atomic E-state index is 12.3. The molecule has 1 heterocycles. The number of anilines is 2. The molecule has 0 saturated heterocycles. The number of aromatic nitrogens is 2. The topological polar surface area (TPSA) is 125 Å². The molecule has 0 bridgehead atoms. The van der Waals surface area contributed by atoms with Crippen LogP contribution in [0.2, 0.25) is 0 Å². The molecule has 168 valence electrons. The van der Waals surface area contributed by atoms with Gasteiger partial charge in [-0.1, -0.05) is 25.6 Å².